The fourth-order valence-corrected chi connectivity index (χ4v) is 2.39. The van der Waals surface area contributed by atoms with Crippen LogP contribution >= 0.6 is 11.6 Å². The Balaban J connectivity index is 3.92. The zero-order valence-electron chi connectivity index (χ0n) is 6.03. The van der Waals surface area contributed by atoms with Crippen LogP contribution in [-0.2, 0) is 9.84 Å². The summed E-state index contributed by atoms with van der Waals surface area (Å²) in [5.41, 5.74) is 5.03. The second kappa shape index (κ2) is 4.92. The highest BCUT2D eigenvalue weighted by Gasteiger charge is 2.14. The molecule has 4 nitrogen and oxygen atoms in total. The van der Waals surface area contributed by atoms with Crippen molar-refractivity contribution in [3.05, 3.63) is 0 Å². The molecule has 0 amide bonds. The van der Waals surface area contributed by atoms with Crippen molar-refractivity contribution in [2.75, 3.05) is 23.9 Å². The highest BCUT2D eigenvalue weighted by Crippen LogP contribution is 1.95. The molecule has 1 unspecified atom stereocenters. The number of sulfone groups is 1. The van der Waals surface area contributed by atoms with Crippen LogP contribution in [0.2, 0.25) is 0 Å². The Hall–Kier alpha value is 0.160. The summed E-state index contributed by atoms with van der Waals surface area (Å²) in [7, 11) is -3.20. The second-order valence-corrected chi connectivity index (χ2v) is 4.80. The zero-order chi connectivity index (χ0) is 8.91. The van der Waals surface area contributed by atoms with E-state index in [1.165, 1.54) is 0 Å². The maximum atomic E-state index is 10.9. The molecule has 11 heavy (non-hydrogen) atoms. The molecule has 0 aliphatic carbocycles. The first-order valence-electron chi connectivity index (χ1n) is 3.16. The van der Waals surface area contributed by atoms with Gasteiger partial charge in [0.25, 0.3) is 0 Å². The van der Waals surface area contributed by atoms with Gasteiger partial charge >= 0.3 is 0 Å². The molecule has 0 saturated carbocycles. The van der Waals surface area contributed by atoms with Gasteiger partial charge in [-0.1, -0.05) is 0 Å². The lowest BCUT2D eigenvalue weighted by atomic mass is 10.4. The number of rotatable bonds is 5. The number of alkyl halides is 1. The lowest BCUT2D eigenvalue weighted by Crippen LogP contribution is -2.29. The van der Waals surface area contributed by atoms with E-state index in [0.29, 0.717) is 0 Å². The number of hydrogen-bond donors (Lipinski definition) is 2. The molecule has 0 fully saturated rings. The number of aliphatic hydroxyl groups is 1. The van der Waals surface area contributed by atoms with Crippen molar-refractivity contribution >= 4 is 21.4 Å². The summed E-state index contributed by atoms with van der Waals surface area (Å²) in [6, 6.07) is 0. The molecule has 1 atom stereocenters. The van der Waals surface area contributed by atoms with Crippen LogP contribution in [0.1, 0.15) is 0 Å². The minimum atomic E-state index is -3.20. The van der Waals surface area contributed by atoms with E-state index in [4.69, 9.17) is 22.4 Å². The smallest absolute Gasteiger partial charge is 0.154 e. The van der Waals surface area contributed by atoms with Crippen LogP contribution in [0.4, 0.5) is 0 Å². The summed E-state index contributed by atoms with van der Waals surface area (Å²) in [6.45, 7) is -0.0402. The summed E-state index contributed by atoms with van der Waals surface area (Å²) in [4.78, 5) is 0. The molecule has 0 aromatic carbocycles. The average Bonchev–Trinajstić information content (AvgIpc) is 1.86. The van der Waals surface area contributed by atoms with Gasteiger partial charge in [-0.15, -0.1) is 11.6 Å². The van der Waals surface area contributed by atoms with Crippen molar-refractivity contribution in [2.45, 2.75) is 6.10 Å². The summed E-state index contributed by atoms with van der Waals surface area (Å²) < 4.78 is 21.8. The molecule has 68 valence electrons. The Morgan fingerprint density at radius 2 is 2.09 bits per heavy atom. The maximum absolute atomic E-state index is 10.9. The summed E-state index contributed by atoms with van der Waals surface area (Å²) >= 11 is 5.22. The predicted molar refractivity (Wildman–Crippen MR) is 44.4 cm³/mol. The van der Waals surface area contributed by atoms with Gasteiger partial charge in [0, 0.05) is 12.4 Å². The molecule has 0 aromatic heterocycles. The molecule has 6 heteroatoms. The van der Waals surface area contributed by atoms with E-state index < -0.39 is 15.9 Å². The summed E-state index contributed by atoms with van der Waals surface area (Å²) in [6.07, 6.45) is -0.969. The van der Waals surface area contributed by atoms with Crippen LogP contribution in [0.15, 0.2) is 0 Å². The Bertz CT molecular complexity index is 192. The van der Waals surface area contributed by atoms with Crippen LogP contribution < -0.4 is 5.73 Å². The topological polar surface area (TPSA) is 80.4 Å². The first-order valence-corrected chi connectivity index (χ1v) is 5.52. The number of hydrogen-bond acceptors (Lipinski definition) is 4. The third kappa shape index (κ3) is 5.43. The lowest BCUT2D eigenvalue weighted by Gasteiger charge is -2.06. The number of aliphatic hydroxyl groups excluding tert-OH is 1. The SMILES string of the molecule is NCC(O)CS(=O)(=O)CCCl. The van der Waals surface area contributed by atoms with E-state index in [1.807, 2.05) is 0 Å². The number of halogens is 1. The normalized spacial score (nSPS) is 14.8. The third-order valence-corrected chi connectivity index (χ3v) is 3.24. The van der Waals surface area contributed by atoms with Crippen molar-refractivity contribution in [3.8, 4) is 0 Å². The quantitative estimate of drug-likeness (QED) is 0.557. The molecule has 0 aliphatic heterocycles. The monoisotopic (exact) mass is 201 g/mol. The van der Waals surface area contributed by atoms with Gasteiger partial charge in [0.05, 0.1) is 17.6 Å². The van der Waals surface area contributed by atoms with Crippen LogP contribution in [-0.4, -0.2) is 43.6 Å². The third-order valence-electron chi connectivity index (χ3n) is 1.11. The zero-order valence-corrected chi connectivity index (χ0v) is 7.61. The molecule has 0 bridgehead atoms. The van der Waals surface area contributed by atoms with E-state index in [9.17, 15) is 8.42 Å². The minimum absolute atomic E-state index is 0.0402. The first kappa shape index (κ1) is 11.2. The van der Waals surface area contributed by atoms with Crippen molar-refractivity contribution in [1.29, 1.82) is 0 Å². The van der Waals surface area contributed by atoms with E-state index in [0.717, 1.165) is 0 Å². The van der Waals surface area contributed by atoms with Gasteiger partial charge in [0.2, 0.25) is 0 Å². The molecule has 0 saturated heterocycles. The van der Waals surface area contributed by atoms with E-state index in [2.05, 4.69) is 0 Å². The van der Waals surface area contributed by atoms with E-state index in [1.54, 1.807) is 0 Å². The fourth-order valence-electron chi connectivity index (χ4n) is 0.562. The lowest BCUT2D eigenvalue weighted by molar-refractivity contribution is 0.205. The molecule has 0 spiro atoms. The van der Waals surface area contributed by atoms with Crippen molar-refractivity contribution in [2.24, 2.45) is 5.73 Å². The fraction of sp³-hybridized carbons (Fsp3) is 1.00. The van der Waals surface area contributed by atoms with Gasteiger partial charge in [-0.05, 0) is 0 Å². The largest absolute Gasteiger partial charge is 0.391 e. The first-order chi connectivity index (χ1) is 5.02. The predicted octanol–water partition coefficient (Wildman–Crippen LogP) is -1.04. The highest BCUT2D eigenvalue weighted by atomic mass is 35.5. The number of nitrogens with two attached hydrogens (primary N) is 1. The van der Waals surface area contributed by atoms with Gasteiger partial charge in [0.15, 0.2) is 9.84 Å². The van der Waals surface area contributed by atoms with Crippen LogP contribution in [0.5, 0.6) is 0 Å². The molecule has 0 heterocycles. The molecular weight excluding hydrogens is 190 g/mol. The maximum Gasteiger partial charge on any atom is 0.154 e. The van der Waals surface area contributed by atoms with Crippen molar-refractivity contribution in [1.82, 2.24) is 0 Å². The molecule has 0 rings (SSSR count). The van der Waals surface area contributed by atoms with Gasteiger partial charge in [-0.25, -0.2) is 8.42 Å². The Morgan fingerprint density at radius 3 is 2.45 bits per heavy atom. The van der Waals surface area contributed by atoms with Crippen LogP contribution in [0.3, 0.4) is 0 Å². The van der Waals surface area contributed by atoms with Crippen molar-refractivity contribution in [3.63, 3.8) is 0 Å². The average molecular weight is 202 g/mol. The van der Waals surface area contributed by atoms with E-state index >= 15 is 0 Å². The standard InChI is InChI=1S/C5H12ClNO3S/c6-1-2-11(9,10)4-5(8)3-7/h5,8H,1-4,7H2. The Kier molecular flexibility index (Phi) is 4.99. The Labute approximate surface area is 71.3 Å². The minimum Gasteiger partial charge on any atom is -0.391 e. The second-order valence-electron chi connectivity index (χ2n) is 2.19. The molecule has 0 aromatic rings. The summed E-state index contributed by atoms with van der Waals surface area (Å²) in [5.74, 6) is -0.346. The highest BCUT2D eigenvalue weighted by molar-refractivity contribution is 7.91. The molecule has 3 N–H and O–H groups in total. The molecule has 0 aliphatic rings. The van der Waals surface area contributed by atoms with Gasteiger partial charge in [-0.2, -0.15) is 0 Å². The molecule has 0 radical (unpaired) electrons. The van der Waals surface area contributed by atoms with Gasteiger partial charge in [-0.3, -0.25) is 0 Å². The van der Waals surface area contributed by atoms with Crippen LogP contribution in [0, 0.1) is 0 Å². The summed E-state index contributed by atoms with van der Waals surface area (Å²) in [5, 5.41) is 8.87. The van der Waals surface area contributed by atoms with Gasteiger partial charge in [0.1, 0.15) is 0 Å². The Morgan fingerprint density at radius 1 is 1.55 bits per heavy atom. The van der Waals surface area contributed by atoms with Crippen molar-refractivity contribution < 1.29 is 13.5 Å². The van der Waals surface area contributed by atoms with Gasteiger partial charge < -0.3 is 10.8 Å². The molecular formula is C5H12ClNO3S. The van der Waals surface area contributed by atoms with E-state index in [-0.39, 0.29) is 23.9 Å². The van der Waals surface area contributed by atoms with Crippen LogP contribution in [0.25, 0.3) is 0 Å².